The lowest BCUT2D eigenvalue weighted by Gasteiger charge is -2.27. The van der Waals surface area contributed by atoms with Gasteiger partial charge >= 0.3 is 0 Å². The highest BCUT2D eigenvalue weighted by atomic mass is 16.5. The minimum absolute atomic E-state index is 0.290. The molecule has 5 rings (SSSR count). The number of nitrogen functional groups attached to an aromatic ring is 1. The Labute approximate surface area is 168 Å². The number of benzene rings is 1. The fraction of sp³-hybridized carbons (Fsp3) is 0.273. The standard InChI is InChI=1S/C22H22N6O/c1-22(18-8-9-18,21-26-20(29-27-21)16-12-25-28(2)13-16)17-6-3-14(4-7-17)15-5-10-19(23)24-11-15/h3-7,10-13,18H,8-9H2,1-2H3,(H2,23,24)/t22-/m1/s1. The van der Waals surface area contributed by atoms with Crippen molar-refractivity contribution < 1.29 is 4.52 Å². The van der Waals surface area contributed by atoms with Gasteiger partial charge in [0, 0.05) is 25.0 Å². The van der Waals surface area contributed by atoms with Crippen molar-refractivity contribution in [1.29, 1.82) is 0 Å². The number of rotatable bonds is 5. The first-order chi connectivity index (χ1) is 14.0. The predicted molar refractivity (Wildman–Crippen MR) is 110 cm³/mol. The van der Waals surface area contributed by atoms with Gasteiger partial charge < -0.3 is 10.3 Å². The molecule has 0 spiro atoms. The number of aromatic nitrogens is 5. The first-order valence-corrected chi connectivity index (χ1v) is 9.69. The van der Waals surface area contributed by atoms with Gasteiger partial charge in [0.05, 0.1) is 17.2 Å². The molecule has 7 nitrogen and oxygen atoms in total. The van der Waals surface area contributed by atoms with E-state index in [2.05, 4.69) is 46.4 Å². The Bertz CT molecular complexity index is 1140. The number of hydrogen-bond donors (Lipinski definition) is 1. The van der Waals surface area contributed by atoms with Crippen LogP contribution in [0.2, 0.25) is 0 Å². The molecule has 146 valence electrons. The zero-order valence-corrected chi connectivity index (χ0v) is 16.4. The van der Waals surface area contributed by atoms with E-state index in [-0.39, 0.29) is 5.41 Å². The Balaban J connectivity index is 1.50. The Kier molecular flexibility index (Phi) is 3.97. The molecule has 0 bridgehead atoms. The van der Waals surface area contributed by atoms with Crippen molar-refractivity contribution in [2.45, 2.75) is 25.2 Å². The average molecular weight is 386 g/mol. The quantitative estimate of drug-likeness (QED) is 0.560. The molecule has 1 aromatic carbocycles. The van der Waals surface area contributed by atoms with Crippen LogP contribution in [0.3, 0.4) is 0 Å². The van der Waals surface area contributed by atoms with E-state index >= 15 is 0 Å². The highest BCUT2D eigenvalue weighted by Gasteiger charge is 2.47. The van der Waals surface area contributed by atoms with E-state index in [4.69, 9.17) is 15.2 Å². The van der Waals surface area contributed by atoms with E-state index in [1.807, 2.05) is 25.4 Å². The van der Waals surface area contributed by atoms with Crippen molar-refractivity contribution in [2.75, 3.05) is 5.73 Å². The van der Waals surface area contributed by atoms with Gasteiger partial charge in [0.25, 0.3) is 5.89 Å². The van der Waals surface area contributed by atoms with Gasteiger partial charge in [-0.15, -0.1) is 0 Å². The largest absolute Gasteiger partial charge is 0.384 e. The first-order valence-electron chi connectivity index (χ1n) is 9.69. The molecule has 0 radical (unpaired) electrons. The first kappa shape index (κ1) is 17.6. The molecule has 3 heterocycles. The number of anilines is 1. The van der Waals surface area contributed by atoms with Crippen LogP contribution >= 0.6 is 0 Å². The molecule has 1 fully saturated rings. The number of nitrogens with zero attached hydrogens (tertiary/aromatic N) is 5. The lowest BCUT2D eigenvalue weighted by Crippen LogP contribution is -2.28. The summed E-state index contributed by atoms with van der Waals surface area (Å²) in [5, 5.41) is 8.54. The zero-order valence-electron chi connectivity index (χ0n) is 16.4. The molecule has 29 heavy (non-hydrogen) atoms. The topological polar surface area (TPSA) is 95.7 Å². The predicted octanol–water partition coefficient (Wildman–Crippen LogP) is 3.83. The summed E-state index contributed by atoms with van der Waals surface area (Å²) in [4.78, 5) is 8.92. The molecule has 1 aliphatic carbocycles. The van der Waals surface area contributed by atoms with Crippen LogP contribution in [0.25, 0.3) is 22.6 Å². The van der Waals surface area contributed by atoms with Crippen LogP contribution in [-0.2, 0) is 12.5 Å². The number of aryl methyl sites for hydroxylation is 1. The van der Waals surface area contributed by atoms with Gasteiger partial charge in [-0.2, -0.15) is 10.1 Å². The summed E-state index contributed by atoms with van der Waals surface area (Å²) >= 11 is 0. The van der Waals surface area contributed by atoms with Gasteiger partial charge in [-0.1, -0.05) is 29.4 Å². The van der Waals surface area contributed by atoms with E-state index in [9.17, 15) is 0 Å². The maximum absolute atomic E-state index is 5.70. The van der Waals surface area contributed by atoms with E-state index in [0.29, 0.717) is 17.6 Å². The Morgan fingerprint density at radius 3 is 2.41 bits per heavy atom. The second kappa shape index (κ2) is 6.55. The summed E-state index contributed by atoms with van der Waals surface area (Å²) in [7, 11) is 1.87. The minimum atomic E-state index is -0.290. The van der Waals surface area contributed by atoms with Gasteiger partial charge in [0.1, 0.15) is 5.82 Å². The maximum Gasteiger partial charge on any atom is 0.261 e. The van der Waals surface area contributed by atoms with Crippen LogP contribution in [0, 0.1) is 5.92 Å². The van der Waals surface area contributed by atoms with Crippen molar-refractivity contribution in [1.82, 2.24) is 24.9 Å². The third-order valence-electron chi connectivity index (χ3n) is 5.84. The zero-order chi connectivity index (χ0) is 20.0. The van der Waals surface area contributed by atoms with Crippen LogP contribution in [-0.4, -0.2) is 24.9 Å². The maximum atomic E-state index is 5.70. The van der Waals surface area contributed by atoms with E-state index in [0.717, 1.165) is 35.4 Å². The normalized spacial score (nSPS) is 15.9. The van der Waals surface area contributed by atoms with E-state index in [1.165, 1.54) is 5.56 Å². The Hall–Kier alpha value is -3.48. The summed E-state index contributed by atoms with van der Waals surface area (Å²) in [6.45, 7) is 2.21. The fourth-order valence-corrected chi connectivity index (χ4v) is 3.88. The third-order valence-corrected chi connectivity index (χ3v) is 5.84. The second-order valence-corrected chi connectivity index (χ2v) is 7.85. The lowest BCUT2D eigenvalue weighted by atomic mass is 9.76. The molecule has 0 unspecified atom stereocenters. The molecular formula is C22H22N6O. The molecule has 1 saturated carbocycles. The van der Waals surface area contributed by atoms with Gasteiger partial charge in [-0.3, -0.25) is 4.68 Å². The summed E-state index contributed by atoms with van der Waals surface area (Å²) in [6, 6.07) is 12.3. The molecule has 0 saturated heterocycles. The highest BCUT2D eigenvalue weighted by Crippen LogP contribution is 2.50. The van der Waals surface area contributed by atoms with Gasteiger partial charge in [0.15, 0.2) is 5.82 Å². The fourth-order valence-electron chi connectivity index (χ4n) is 3.88. The molecule has 7 heteroatoms. The van der Waals surface area contributed by atoms with E-state index in [1.54, 1.807) is 17.1 Å². The average Bonchev–Trinajstić information content (AvgIpc) is 3.32. The van der Waals surface area contributed by atoms with Crippen molar-refractivity contribution in [3.8, 4) is 22.6 Å². The number of hydrogen-bond acceptors (Lipinski definition) is 6. The molecule has 0 aliphatic heterocycles. The van der Waals surface area contributed by atoms with Crippen molar-refractivity contribution in [3.63, 3.8) is 0 Å². The van der Waals surface area contributed by atoms with Gasteiger partial charge in [-0.05, 0) is 48.9 Å². The second-order valence-electron chi connectivity index (χ2n) is 7.85. The van der Waals surface area contributed by atoms with Crippen LogP contribution in [0.15, 0.2) is 59.5 Å². The summed E-state index contributed by atoms with van der Waals surface area (Å²) in [5.74, 6) is 2.25. The number of pyridine rings is 1. The molecule has 1 atom stereocenters. The molecule has 2 N–H and O–H groups in total. The molecular weight excluding hydrogens is 364 g/mol. The van der Waals surface area contributed by atoms with Gasteiger partial charge in [0.2, 0.25) is 0 Å². The molecule has 0 amide bonds. The van der Waals surface area contributed by atoms with E-state index < -0.39 is 0 Å². The Morgan fingerprint density at radius 2 is 1.79 bits per heavy atom. The molecule has 4 aromatic rings. The summed E-state index contributed by atoms with van der Waals surface area (Å²) < 4.78 is 7.31. The van der Waals surface area contributed by atoms with Crippen molar-refractivity contribution in [3.05, 3.63) is 66.4 Å². The molecule has 3 aromatic heterocycles. The minimum Gasteiger partial charge on any atom is -0.384 e. The molecule has 1 aliphatic rings. The van der Waals surface area contributed by atoms with Gasteiger partial charge in [-0.25, -0.2) is 4.98 Å². The number of nitrogens with two attached hydrogens (primary N) is 1. The van der Waals surface area contributed by atoms with Crippen LogP contribution < -0.4 is 5.73 Å². The van der Waals surface area contributed by atoms with Crippen molar-refractivity contribution in [2.24, 2.45) is 13.0 Å². The highest BCUT2D eigenvalue weighted by molar-refractivity contribution is 5.64. The monoisotopic (exact) mass is 386 g/mol. The summed E-state index contributed by atoms with van der Waals surface area (Å²) in [5.41, 5.74) is 9.56. The van der Waals surface area contributed by atoms with Crippen molar-refractivity contribution >= 4 is 5.82 Å². The summed E-state index contributed by atoms with van der Waals surface area (Å²) in [6.07, 6.45) is 7.74. The van der Waals surface area contributed by atoms with Crippen LogP contribution in [0.4, 0.5) is 5.82 Å². The SMILES string of the molecule is Cn1cc(-c2nc([C@](C)(c3ccc(-c4ccc(N)nc4)cc3)C3CC3)no2)cn1. The van der Waals surface area contributed by atoms with Crippen LogP contribution in [0.1, 0.15) is 31.2 Å². The lowest BCUT2D eigenvalue weighted by molar-refractivity contribution is 0.386. The smallest absolute Gasteiger partial charge is 0.261 e. The Morgan fingerprint density at radius 1 is 1.03 bits per heavy atom. The van der Waals surface area contributed by atoms with Crippen LogP contribution in [0.5, 0.6) is 0 Å². The third kappa shape index (κ3) is 3.08.